The zero-order valence-electron chi connectivity index (χ0n) is 17.9. The maximum Gasteiger partial charge on any atom is 0.323 e. The van der Waals surface area contributed by atoms with Crippen LogP contribution in [-0.2, 0) is 31.1 Å². The lowest BCUT2D eigenvalue weighted by molar-refractivity contribution is -0.143. The number of carbonyl (C=O) groups excluding carboxylic acids is 3. The summed E-state index contributed by atoms with van der Waals surface area (Å²) in [5.41, 5.74) is 1.39. The number of imide groups is 1. The highest BCUT2D eigenvalue weighted by Crippen LogP contribution is 2.49. The molecule has 0 saturated carbocycles. The molecule has 2 aromatic carbocycles. The highest BCUT2D eigenvalue weighted by atomic mass is 35.5. The number of carbonyl (C=O) groups is 4. The first kappa shape index (κ1) is 21.8. The fourth-order valence-electron chi connectivity index (χ4n) is 4.68. The number of rotatable bonds is 5. The molecule has 2 aliphatic heterocycles. The Labute approximate surface area is 198 Å². The number of fused-ring (bicyclic) bond motifs is 2. The summed E-state index contributed by atoms with van der Waals surface area (Å²) in [4.78, 5) is 53.6. The molecule has 1 spiro atoms. The van der Waals surface area contributed by atoms with Crippen LogP contribution in [0.3, 0.4) is 0 Å². The van der Waals surface area contributed by atoms with E-state index in [4.69, 9.17) is 16.1 Å². The van der Waals surface area contributed by atoms with Crippen molar-refractivity contribution in [3.63, 3.8) is 0 Å². The van der Waals surface area contributed by atoms with Crippen LogP contribution in [0.5, 0.6) is 0 Å². The van der Waals surface area contributed by atoms with Crippen LogP contribution in [0.15, 0.2) is 53.3 Å². The van der Waals surface area contributed by atoms with E-state index in [1.807, 2.05) is 31.2 Å². The number of hydrogen-bond donors (Lipinski definition) is 1. The third kappa shape index (κ3) is 3.19. The molecule has 3 aromatic rings. The zero-order valence-corrected chi connectivity index (χ0v) is 18.7. The van der Waals surface area contributed by atoms with Gasteiger partial charge in [0.05, 0.1) is 13.0 Å². The van der Waals surface area contributed by atoms with Crippen LogP contribution in [0.1, 0.15) is 23.1 Å². The van der Waals surface area contributed by atoms with E-state index in [-0.39, 0.29) is 22.8 Å². The van der Waals surface area contributed by atoms with Crippen molar-refractivity contribution >= 4 is 41.0 Å². The molecule has 0 bridgehead atoms. The van der Waals surface area contributed by atoms with Crippen molar-refractivity contribution in [2.45, 2.75) is 25.3 Å². The summed E-state index contributed by atoms with van der Waals surface area (Å²) < 4.78 is 5.13. The average molecular weight is 480 g/mol. The number of aromatic nitrogens is 1. The van der Waals surface area contributed by atoms with Gasteiger partial charge in [-0.15, -0.1) is 0 Å². The molecule has 1 saturated heterocycles. The van der Waals surface area contributed by atoms with E-state index in [2.05, 4.69) is 5.16 Å². The molecule has 1 atom stereocenters. The topological polar surface area (TPSA) is 121 Å². The van der Waals surface area contributed by atoms with Crippen LogP contribution < -0.4 is 4.90 Å². The van der Waals surface area contributed by atoms with Gasteiger partial charge >= 0.3 is 5.97 Å². The van der Waals surface area contributed by atoms with Gasteiger partial charge in [0, 0.05) is 27.4 Å². The van der Waals surface area contributed by atoms with Gasteiger partial charge in [0.15, 0.2) is 5.41 Å². The zero-order chi connectivity index (χ0) is 24.2. The van der Waals surface area contributed by atoms with E-state index in [9.17, 15) is 24.3 Å². The van der Waals surface area contributed by atoms with Gasteiger partial charge in [0.2, 0.25) is 17.7 Å². The van der Waals surface area contributed by atoms with E-state index in [0.717, 1.165) is 20.9 Å². The lowest BCUT2D eigenvalue weighted by Gasteiger charge is -2.21. The van der Waals surface area contributed by atoms with Crippen LogP contribution in [0, 0.1) is 6.92 Å². The third-order valence-corrected chi connectivity index (χ3v) is 6.44. The van der Waals surface area contributed by atoms with Crippen molar-refractivity contribution in [2.24, 2.45) is 0 Å². The summed E-state index contributed by atoms with van der Waals surface area (Å²) in [6.45, 7) is 1.14. The molecule has 0 radical (unpaired) electrons. The van der Waals surface area contributed by atoms with Crippen molar-refractivity contribution in [2.75, 3.05) is 11.4 Å². The maximum atomic E-state index is 13.7. The van der Waals surface area contributed by atoms with Crippen LogP contribution in [-0.4, -0.2) is 45.4 Å². The van der Waals surface area contributed by atoms with Crippen molar-refractivity contribution in [1.29, 1.82) is 0 Å². The third-order valence-electron chi connectivity index (χ3n) is 6.20. The van der Waals surface area contributed by atoms with Gasteiger partial charge in [-0.25, -0.2) is 0 Å². The Morgan fingerprint density at radius 1 is 1.15 bits per heavy atom. The summed E-state index contributed by atoms with van der Waals surface area (Å²) in [7, 11) is 0. The Bertz CT molecular complexity index is 1380. The average Bonchev–Trinajstić information content (AvgIpc) is 3.41. The van der Waals surface area contributed by atoms with Gasteiger partial charge in [-0.3, -0.25) is 29.0 Å². The number of aryl methyl sites for hydroxylation is 1. The lowest BCUT2D eigenvalue weighted by atomic mass is 9.80. The maximum absolute atomic E-state index is 13.7. The van der Waals surface area contributed by atoms with Crippen molar-refractivity contribution in [1.82, 2.24) is 10.1 Å². The molecule has 9 nitrogen and oxygen atoms in total. The Hall–Kier alpha value is -3.98. The lowest BCUT2D eigenvalue weighted by Crippen LogP contribution is -2.47. The molecule has 1 aromatic heterocycles. The van der Waals surface area contributed by atoms with Crippen LogP contribution in [0.4, 0.5) is 5.69 Å². The van der Waals surface area contributed by atoms with Crippen LogP contribution in [0.25, 0.3) is 11.3 Å². The largest absolute Gasteiger partial charge is 0.480 e. The number of anilines is 1. The number of likely N-dealkylation sites (tertiary alicyclic amines) is 1. The Morgan fingerprint density at radius 2 is 1.91 bits per heavy atom. The number of carboxylic acids is 1. The fourth-order valence-corrected chi connectivity index (χ4v) is 4.85. The quantitative estimate of drug-likeness (QED) is 0.441. The molecular formula is C24H18ClN3O6. The van der Waals surface area contributed by atoms with E-state index in [1.54, 1.807) is 0 Å². The smallest absolute Gasteiger partial charge is 0.323 e. The highest BCUT2D eigenvalue weighted by molar-refractivity contribution is 6.32. The van der Waals surface area contributed by atoms with Gasteiger partial charge < -0.3 is 9.63 Å². The van der Waals surface area contributed by atoms with Gasteiger partial charge in [0.25, 0.3) is 0 Å². The molecular weight excluding hydrogens is 462 g/mol. The van der Waals surface area contributed by atoms with Gasteiger partial charge in [-0.1, -0.05) is 40.5 Å². The van der Waals surface area contributed by atoms with Gasteiger partial charge in [-0.2, -0.15) is 0 Å². The molecule has 5 rings (SSSR count). The summed E-state index contributed by atoms with van der Waals surface area (Å²) in [6.07, 6.45) is 0.945. The molecule has 2 aliphatic rings. The standard InChI is InChI=1S/C24H18ClN3O6/c1-13-3-2-4-14(7-13)21-15(12-34-26-21)10-28-19(29)9-24(23(28)33)17-8-16(25)5-6-18(17)27(22(24)32)11-20(30)31/h2-8,12H,9-11H2,1H3,(H,30,31). The summed E-state index contributed by atoms with van der Waals surface area (Å²) in [6, 6.07) is 12.0. The van der Waals surface area contributed by atoms with E-state index < -0.39 is 42.1 Å². The van der Waals surface area contributed by atoms with Gasteiger partial charge in [0.1, 0.15) is 18.5 Å². The predicted octanol–water partition coefficient (Wildman–Crippen LogP) is 2.93. The van der Waals surface area contributed by atoms with E-state index in [0.29, 0.717) is 11.3 Å². The predicted molar refractivity (Wildman–Crippen MR) is 120 cm³/mol. The Morgan fingerprint density at radius 3 is 2.65 bits per heavy atom. The summed E-state index contributed by atoms with van der Waals surface area (Å²) in [5, 5.41) is 13.6. The minimum absolute atomic E-state index is 0.145. The molecule has 1 N–H and O–H groups in total. The number of amides is 3. The number of halogens is 1. The second kappa shape index (κ2) is 7.81. The number of hydrogen-bond acceptors (Lipinski definition) is 6. The number of carboxylic acid groups (broad SMARTS) is 1. The number of benzene rings is 2. The first-order valence-corrected chi connectivity index (χ1v) is 10.8. The second-order valence-corrected chi connectivity index (χ2v) is 8.81. The molecule has 0 aliphatic carbocycles. The minimum Gasteiger partial charge on any atom is -0.480 e. The molecule has 172 valence electrons. The summed E-state index contributed by atoms with van der Waals surface area (Å²) in [5.74, 6) is -3.28. The number of aliphatic carboxylic acids is 1. The normalized spacial score (nSPS) is 19.4. The first-order chi connectivity index (χ1) is 16.2. The second-order valence-electron chi connectivity index (χ2n) is 8.37. The molecule has 1 unspecified atom stereocenters. The Kier molecular flexibility index (Phi) is 5.02. The highest BCUT2D eigenvalue weighted by Gasteiger charge is 2.64. The Balaban J connectivity index is 1.54. The fraction of sp³-hybridized carbons (Fsp3) is 0.208. The molecule has 34 heavy (non-hydrogen) atoms. The molecule has 1 fully saturated rings. The summed E-state index contributed by atoms with van der Waals surface area (Å²) >= 11 is 6.15. The van der Waals surface area contributed by atoms with E-state index in [1.165, 1.54) is 24.5 Å². The van der Waals surface area contributed by atoms with Crippen molar-refractivity contribution in [3.8, 4) is 11.3 Å². The van der Waals surface area contributed by atoms with E-state index >= 15 is 0 Å². The van der Waals surface area contributed by atoms with Crippen molar-refractivity contribution < 1.29 is 28.8 Å². The minimum atomic E-state index is -1.85. The van der Waals surface area contributed by atoms with Crippen LogP contribution >= 0.6 is 11.6 Å². The SMILES string of the molecule is Cc1cccc(-c2nocc2CN2C(=O)CC3(C2=O)C(=O)N(CC(=O)O)c2ccc(Cl)cc23)c1. The monoisotopic (exact) mass is 479 g/mol. The molecule has 3 heterocycles. The van der Waals surface area contributed by atoms with Crippen molar-refractivity contribution in [3.05, 3.63) is 70.4 Å². The van der Waals surface area contributed by atoms with Gasteiger partial charge in [-0.05, 0) is 31.2 Å². The number of nitrogens with zero attached hydrogens (tertiary/aromatic N) is 3. The van der Waals surface area contributed by atoms with Crippen LogP contribution in [0.2, 0.25) is 5.02 Å². The first-order valence-electron chi connectivity index (χ1n) is 10.4. The molecule has 3 amide bonds. The molecule has 10 heteroatoms.